The van der Waals surface area contributed by atoms with E-state index >= 15 is 0 Å². The molecule has 1 rings (SSSR count). The van der Waals surface area contributed by atoms with Crippen molar-refractivity contribution in [3.05, 3.63) is 35.4 Å². The fourth-order valence-electron chi connectivity index (χ4n) is 1.17. The fraction of sp³-hybridized carbons (Fsp3) is 0.364. The first-order valence-electron chi connectivity index (χ1n) is 4.45. The Morgan fingerprint density at radius 1 is 1.21 bits per heavy atom. The third-order valence-electron chi connectivity index (χ3n) is 2.13. The summed E-state index contributed by atoms with van der Waals surface area (Å²) >= 11 is 0. The van der Waals surface area contributed by atoms with E-state index in [2.05, 4.69) is 0 Å². The highest BCUT2D eigenvalue weighted by Crippen LogP contribution is 2.17. The molecule has 14 heavy (non-hydrogen) atoms. The highest BCUT2D eigenvalue weighted by Gasteiger charge is 2.21. The highest BCUT2D eigenvalue weighted by atomic mass is 16.3. The molecule has 0 saturated carbocycles. The van der Waals surface area contributed by atoms with Crippen molar-refractivity contribution < 1.29 is 15.0 Å². The predicted molar refractivity (Wildman–Crippen MR) is 52.8 cm³/mol. The largest absolute Gasteiger partial charge is 0.385 e. The van der Waals surface area contributed by atoms with Gasteiger partial charge in [0.25, 0.3) is 0 Å². The smallest absolute Gasteiger partial charge is 0.161 e. The lowest BCUT2D eigenvalue weighted by molar-refractivity contribution is -0.130. The standard InChI is InChI=1S/C11H14O3/c1-7-3-5-9(6-4-7)11(14)10(13)8(2)12/h3-6,10-11,13-14H,1-2H3. The summed E-state index contributed by atoms with van der Waals surface area (Å²) in [5, 5.41) is 18.9. The molecular formula is C11H14O3. The minimum atomic E-state index is -1.34. The van der Waals surface area contributed by atoms with Crippen molar-refractivity contribution >= 4 is 5.78 Å². The Hall–Kier alpha value is -1.19. The van der Waals surface area contributed by atoms with E-state index in [1.54, 1.807) is 12.1 Å². The lowest BCUT2D eigenvalue weighted by Gasteiger charge is -2.15. The molecule has 0 heterocycles. The van der Waals surface area contributed by atoms with E-state index in [1.165, 1.54) is 6.92 Å². The molecule has 0 aliphatic rings. The topological polar surface area (TPSA) is 57.5 Å². The molecule has 0 aliphatic heterocycles. The number of carbonyl (C=O) groups is 1. The molecule has 1 aromatic rings. The number of aliphatic hydroxyl groups excluding tert-OH is 2. The molecule has 0 spiro atoms. The molecular weight excluding hydrogens is 180 g/mol. The maximum absolute atomic E-state index is 10.8. The molecule has 2 unspecified atom stereocenters. The van der Waals surface area contributed by atoms with Crippen LogP contribution in [0.4, 0.5) is 0 Å². The molecule has 0 bridgehead atoms. The molecule has 0 aliphatic carbocycles. The number of aliphatic hydroxyl groups is 2. The van der Waals surface area contributed by atoms with Crippen LogP contribution in [0.3, 0.4) is 0 Å². The van der Waals surface area contributed by atoms with Gasteiger partial charge in [0.05, 0.1) is 0 Å². The molecule has 0 saturated heterocycles. The van der Waals surface area contributed by atoms with Crippen molar-refractivity contribution in [1.82, 2.24) is 0 Å². The molecule has 2 atom stereocenters. The van der Waals surface area contributed by atoms with E-state index in [4.69, 9.17) is 0 Å². The van der Waals surface area contributed by atoms with Gasteiger partial charge in [0.1, 0.15) is 12.2 Å². The number of hydrogen-bond donors (Lipinski definition) is 2. The summed E-state index contributed by atoms with van der Waals surface area (Å²) in [7, 11) is 0. The quantitative estimate of drug-likeness (QED) is 0.754. The lowest BCUT2D eigenvalue weighted by Crippen LogP contribution is -2.25. The van der Waals surface area contributed by atoms with Crippen LogP contribution in [-0.2, 0) is 4.79 Å². The van der Waals surface area contributed by atoms with Crippen molar-refractivity contribution in [2.45, 2.75) is 26.1 Å². The van der Waals surface area contributed by atoms with E-state index < -0.39 is 18.0 Å². The van der Waals surface area contributed by atoms with Gasteiger partial charge >= 0.3 is 0 Å². The van der Waals surface area contributed by atoms with Crippen LogP contribution in [0, 0.1) is 6.92 Å². The average molecular weight is 194 g/mol. The Morgan fingerprint density at radius 2 is 1.71 bits per heavy atom. The van der Waals surface area contributed by atoms with Gasteiger partial charge in [-0.25, -0.2) is 0 Å². The SMILES string of the molecule is CC(=O)C(O)C(O)c1ccc(C)cc1. The average Bonchev–Trinajstić information content (AvgIpc) is 2.16. The maximum Gasteiger partial charge on any atom is 0.161 e. The van der Waals surface area contributed by atoms with Gasteiger partial charge in [0, 0.05) is 0 Å². The van der Waals surface area contributed by atoms with Gasteiger partial charge in [0.15, 0.2) is 5.78 Å². The van der Waals surface area contributed by atoms with Crippen LogP contribution >= 0.6 is 0 Å². The molecule has 76 valence electrons. The summed E-state index contributed by atoms with van der Waals surface area (Å²) in [4.78, 5) is 10.8. The van der Waals surface area contributed by atoms with E-state index in [0.717, 1.165) is 5.56 Å². The maximum atomic E-state index is 10.8. The van der Waals surface area contributed by atoms with Gasteiger partial charge in [0.2, 0.25) is 0 Å². The van der Waals surface area contributed by atoms with Crippen LogP contribution in [-0.4, -0.2) is 22.1 Å². The molecule has 3 nitrogen and oxygen atoms in total. The predicted octanol–water partition coefficient (Wildman–Crippen LogP) is 0.978. The second-order valence-corrected chi connectivity index (χ2v) is 3.41. The Balaban J connectivity index is 2.84. The van der Waals surface area contributed by atoms with E-state index in [9.17, 15) is 15.0 Å². The van der Waals surface area contributed by atoms with Crippen molar-refractivity contribution in [1.29, 1.82) is 0 Å². The molecule has 0 radical (unpaired) electrons. The van der Waals surface area contributed by atoms with Crippen molar-refractivity contribution in [2.24, 2.45) is 0 Å². The van der Waals surface area contributed by atoms with Crippen LogP contribution in [0.1, 0.15) is 24.2 Å². The summed E-state index contributed by atoms with van der Waals surface area (Å²) < 4.78 is 0. The summed E-state index contributed by atoms with van der Waals surface area (Å²) in [5.74, 6) is -0.432. The van der Waals surface area contributed by atoms with Crippen molar-refractivity contribution in [2.75, 3.05) is 0 Å². The Morgan fingerprint density at radius 3 is 2.14 bits per heavy atom. The van der Waals surface area contributed by atoms with Crippen LogP contribution in [0.5, 0.6) is 0 Å². The molecule has 2 N–H and O–H groups in total. The zero-order chi connectivity index (χ0) is 10.7. The first-order chi connectivity index (χ1) is 6.52. The van der Waals surface area contributed by atoms with Gasteiger partial charge < -0.3 is 10.2 Å². The molecule has 0 amide bonds. The molecule has 1 aromatic carbocycles. The summed E-state index contributed by atoms with van der Waals surface area (Å²) in [5.41, 5.74) is 1.62. The molecule has 0 fully saturated rings. The molecule has 0 aromatic heterocycles. The van der Waals surface area contributed by atoms with Gasteiger partial charge in [-0.1, -0.05) is 29.8 Å². The second kappa shape index (κ2) is 4.35. The van der Waals surface area contributed by atoms with E-state index in [1.807, 2.05) is 19.1 Å². The van der Waals surface area contributed by atoms with Gasteiger partial charge in [-0.15, -0.1) is 0 Å². The number of hydrogen-bond acceptors (Lipinski definition) is 3. The summed E-state index contributed by atoms with van der Waals surface area (Å²) in [6.45, 7) is 3.18. The van der Waals surface area contributed by atoms with Crippen LogP contribution in [0.15, 0.2) is 24.3 Å². The minimum absolute atomic E-state index is 0.432. The highest BCUT2D eigenvalue weighted by molar-refractivity contribution is 5.80. The number of ketones is 1. The monoisotopic (exact) mass is 194 g/mol. The second-order valence-electron chi connectivity index (χ2n) is 3.41. The number of Topliss-reactive ketones (excluding diaryl/α,β-unsaturated/α-hetero) is 1. The third-order valence-corrected chi connectivity index (χ3v) is 2.13. The van der Waals surface area contributed by atoms with Gasteiger partial charge in [-0.3, -0.25) is 4.79 Å². The minimum Gasteiger partial charge on any atom is -0.385 e. The summed E-state index contributed by atoms with van der Waals surface area (Å²) in [6, 6.07) is 7.05. The van der Waals surface area contributed by atoms with Crippen LogP contribution in [0.25, 0.3) is 0 Å². The third kappa shape index (κ3) is 2.40. The molecule has 3 heteroatoms. The number of carbonyl (C=O) groups excluding carboxylic acids is 1. The van der Waals surface area contributed by atoms with Gasteiger partial charge in [-0.05, 0) is 19.4 Å². The van der Waals surface area contributed by atoms with Crippen molar-refractivity contribution in [3.63, 3.8) is 0 Å². The van der Waals surface area contributed by atoms with Gasteiger partial charge in [-0.2, -0.15) is 0 Å². The number of rotatable bonds is 3. The summed E-state index contributed by atoms with van der Waals surface area (Å²) in [6.07, 6.45) is -2.47. The lowest BCUT2D eigenvalue weighted by atomic mass is 10.0. The first-order valence-corrected chi connectivity index (χ1v) is 4.45. The van der Waals surface area contributed by atoms with Crippen molar-refractivity contribution in [3.8, 4) is 0 Å². The first kappa shape index (κ1) is 10.9. The van der Waals surface area contributed by atoms with E-state index in [-0.39, 0.29) is 0 Å². The number of aryl methyl sites for hydroxylation is 1. The fourth-order valence-corrected chi connectivity index (χ4v) is 1.17. The van der Waals surface area contributed by atoms with Crippen LogP contribution in [0.2, 0.25) is 0 Å². The van der Waals surface area contributed by atoms with E-state index in [0.29, 0.717) is 5.56 Å². The van der Waals surface area contributed by atoms with Crippen LogP contribution < -0.4 is 0 Å². The Kier molecular flexibility index (Phi) is 3.38. The Labute approximate surface area is 83.0 Å². The Bertz CT molecular complexity index is 316. The zero-order valence-corrected chi connectivity index (χ0v) is 8.27. The number of benzene rings is 1. The normalized spacial score (nSPS) is 14.9. The zero-order valence-electron chi connectivity index (χ0n) is 8.27.